The van der Waals surface area contributed by atoms with Crippen molar-refractivity contribution >= 4 is 56.1 Å². The maximum Gasteiger partial charge on any atom is 0.250 e. The monoisotopic (exact) mass is 632 g/mol. The highest BCUT2D eigenvalue weighted by atomic mass is 35.5. The summed E-state index contributed by atoms with van der Waals surface area (Å²) in [6.07, 6.45) is 3.97. The summed E-state index contributed by atoms with van der Waals surface area (Å²) in [6, 6.07) is 14.7. The van der Waals surface area contributed by atoms with Gasteiger partial charge in [-0.15, -0.1) is 22.7 Å². The zero-order valence-electron chi connectivity index (χ0n) is 22.6. The summed E-state index contributed by atoms with van der Waals surface area (Å²) in [6.45, 7) is 3.84. The van der Waals surface area contributed by atoms with Gasteiger partial charge in [0.2, 0.25) is 11.8 Å². The molecule has 0 radical (unpaired) electrons. The van der Waals surface area contributed by atoms with Gasteiger partial charge in [0.25, 0.3) is 10.0 Å². The van der Waals surface area contributed by atoms with Crippen molar-refractivity contribution in [1.82, 2.24) is 19.4 Å². The number of fused-ring (bicyclic) bond motifs is 1. The van der Waals surface area contributed by atoms with E-state index >= 15 is 0 Å². The molecule has 2 saturated heterocycles. The molecule has 0 saturated carbocycles. The molecule has 0 aliphatic carbocycles. The predicted octanol–water partition coefficient (Wildman–Crippen LogP) is 4.45. The van der Waals surface area contributed by atoms with Crippen molar-refractivity contribution in [3.63, 3.8) is 0 Å². The van der Waals surface area contributed by atoms with Crippen LogP contribution in [-0.2, 0) is 32.6 Å². The van der Waals surface area contributed by atoms with Gasteiger partial charge in [-0.1, -0.05) is 35.9 Å². The van der Waals surface area contributed by atoms with E-state index < -0.39 is 16.1 Å². The zero-order chi connectivity index (χ0) is 28.6. The van der Waals surface area contributed by atoms with Gasteiger partial charge in [-0.25, -0.2) is 8.42 Å². The van der Waals surface area contributed by atoms with E-state index in [1.807, 2.05) is 11.0 Å². The van der Waals surface area contributed by atoms with Crippen LogP contribution in [-0.4, -0.2) is 79.7 Å². The number of halogens is 1. The first-order valence-electron chi connectivity index (χ1n) is 14.0. The summed E-state index contributed by atoms with van der Waals surface area (Å²) in [5, 5.41) is 0. The lowest BCUT2D eigenvalue weighted by atomic mass is 9.99. The Morgan fingerprint density at radius 1 is 0.951 bits per heavy atom. The van der Waals surface area contributed by atoms with Crippen LogP contribution in [0.1, 0.15) is 36.8 Å². The number of rotatable bonds is 8. The number of piperidine rings is 1. The molecule has 1 aromatic carbocycles. The van der Waals surface area contributed by atoms with Gasteiger partial charge in [-0.2, -0.15) is 4.72 Å². The number of hydrogen-bond donors (Lipinski definition) is 1. The fraction of sp³-hybridized carbons (Fsp3) is 0.448. The highest BCUT2D eigenvalue weighted by Crippen LogP contribution is 2.37. The maximum atomic E-state index is 13.4. The molecule has 2 aromatic heterocycles. The number of benzene rings is 1. The lowest BCUT2D eigenvalue weighted by molar-refractivity contribution is -0.143. The first kappa shape index (κ1) is 28.8. The molecule has 3 aromatic rings. The molecular weight excluding hydrogens is 600 g/mol. The Kier molecular flexibility index (Phi) is 8.54. The van der Waals surface area contributed by atoms with E-state index in [2.05, 4.69) is 33.9 Å². The number of carbonyl (C=O) groups is 2. The van der Waals surface area contributed by atoms with Crippen LogP contribution in [0, 0.1) is 0 Å². The van der Waals surface area contributed by atoms with Gasteiger partial charge in [0.05, 0.1) is 10.9 Å². The van der Waals surface area contributed by atoms with Crippen molar-refractivity contribution < 1.29 is 18.0 Å². The number of likely N-dealkylation sites (tertiary alicyclic amines) is 2. The van der Waals surface area contributed by atoms with Gasteiger partial charge >= 0.3 is 0 Å². The van der Waals surface area contributed by atoms with Gasteiger partial charge in [0.15, 0.2) is 0 Å². The minimum Gasteiger partial charge on any atom is -0.337 e. The second kappa shape index (κ2) is 12.1. The SMILES string of the molecule is O=C1C(NS(=O)(=O)c2ccc(-c3ccc(Cl)s3)s2)CCCN1CC(=O)N1CCCC1CN1CCc2ccccc2C1. The van der Waals surface area contributed by atoms with E-state index in [0.29, 0.717) is 30.3 Å². The van der Waals surface area contributed by atoms with E-state index in [1.165, 1.54) is 27.4 Å². The summed E-state index contributed by atoms with van der Waals surface area (Å²) >= 11 is 8.56. The number of thiophene rings is 2. The first-order valence-corrected chi connectivity index (χ1v) is 17.5. The summed E-state index contributed by atoms with van der Waals surface area (Å²) in [5.41, 5.74) is 2.76. The first-order chi connectivity index (χ1) is 19.8. The molecule has 0 bridgehead atoms. The maximum absolute atomic E-state index is 13.4. The smallest absolute Gasteiger partial charge is 0.250 e. The second-order valence-electron chi connectivity index (χ2n) is 10.9. The molecule has 3 aliphatic heterocycles. The Morgan fingerprint density at radius 3 is 2.51 bits per heavy atom. The van der Waals surface area contributed by atoms with Crippen molar-refractivity contribution in [3.05, 3.63) is 64.0 Å². The molecule has 8 nitrogen and oxygen atoms in total. The van der Waals surface area contributed by atoms with Crippen molar-refractivity contribution in [2.45, 2.75) is 54.9 Å². The van der Waals surface area contributed by atoms with E-state index in [-0.39, 0.29) is 28.6 Å². The van der Waals surface area contributed by atoms with Gasteiger partial charge < -0.3 is 9.80 Å². The Hall–Kier alpha value is -2.28. The minimum absolute atomic E-state index is 0.0152. The average Bonchev–Trinajstić information content (AvgIpc) is 3.72. The Bertz CT molecular complexity index is 1540. The quantitative estimate of drug-likeness (QED) is 0.396. The number of hydrogen-bond acceptors (Lipinski definition) is 7. The molecule has 218 valence electrons. The van der Waals surface area contributed by atoms with Crippen molar-refractivity contribution in [1.29, 1.82) is 0 Å². The standard InChI is InChI=1S/C29H33ClN4O4S3/c30-26-11-9-24(39-26)25-10-12-28(40-25)41(37,38)31-23-8-4-14-33(29(23)36)19-27(35)34-15-3-7-22(34)18-32-16-13-20-5-1-2-6-21(20)17-32/h1-2,5-6,9-12,22-23,31H,3-4,7-8,13-19H2. The number of sulfonamides is 1. The van der Waals surface area contributed by atoms with Crippen molar-refractivity contribution in [2.24, 2.45) is 0 Å². The van der Waals surface area contributed by atoms with Crippen LogP contribution in [0.3, 0.4) is 0 Å². The molecule has 6 rings (SSSR count). The summed E-state index contributed by atoms with van der Waals surface area (Å²) in [4.78, 5) is 34.4. The lowest BCUT2D eigenvalue weighted by Crippen LogP contribution is -2.55. The largest absolute Gasteiger partial charge is 0.337 e. The Labute approximate surface area is 253 Å². The number of nitrogens with one attached hydrogen (secondary N) is 1. The molecule has 41 heavy (non-hydrogen) atoms. The molecule has 3 aliphatic rings. The zero-order valence-corrected chi connectivity index (χ0v) is 25.8. The summed E-state index contributed by atoms with van der Waals surface area (Å²) in [7, 11) is -3.90. The van der Waals surface area contributed by atoms with Gasteiger partial charge in [-0.05, 0) is 67.5 Å². The number of nitrogens with zero attached hydrogens (tertiary/aromatic N) is 3. The fourth-order valence-electron chi connectivity index (χ4n) is 6.11. The average molecular weight is 633 g/mol. The molecular formula is C29H33ClN4O4S3. The van der Waals surface area contributed by atoms with Gasteiger partial charge in [0, 0.05) is 48.5 Å². The van der Waals surface area contributed by atoms with Crippen LogP contribution in [0.2, 0.25) is 4.34 Å². The van der Waals surface area contributed by atoms with Crippen LogP contribution in [0.5, 0.6) is 0 Å². The number of amides is 2. The fourth-order valence-corrected chi connectivity index (χ4v) is 9.79. The highest BCUT2D eigenvalue weighted by molar-refractivity contribution is 7.91. The lowest BCUT2D eigenvalue weighted by Gasteiger charge is -2.36. The Morgan fingerprint density at radius 2 is 1.71 bits per heavy atom. The van der Waals surface area contributed by atoms with Crippen molar-refractivity contribution in [3.8, 4) is 9.75 Å². The third-order valence-corrected chi connectivity index (χ3v) is 12.7. The molecule has 2 amide bonds. The van der Waals surface area contributed by atoms with Crippen LogP contribution < -0.4 is 4.72 Å². The topological polar surface area (TPSA) is 90.0 Å². The molecule has 5 heterocycles. The van der Waals surface area contributed by atoms with Crippen LogP contribution >= 0.6 is 34.3 Å². The summed E-state index contributed by atoms with van der Waals surface area (Å²) < 4.78 is 29.7. The van der Waals surface area contributed by atoms with Gasteiger partial charge in [0.1, 0.15) is 10.3 Å². The van der Waals surface area contributed by atoms with E-state index in [1.54, 1.807) is 18.2 Å². The molecule has 1 N–H and O–H groups in total. The van der Waals surface area contributed by atoms with E-state index in [4.69, 9.17) is 11.6 Å². The van der Waals surface area contributed by atoms with Crippen LogP contribution in [0.4, 0.5) is 0 Å². The Balaban J connectivity index is 1.06. The summed E-state index contributed by atoms with van der Waals surface area (Å²) in [5.74, 6) is -0.391. The number of carbonyl (C=O) groups excluding carboxylic acids is 2. The molecule has 12 heteroatoms. The van der Waals surface area contributed by atoms with Gasteiger partial charge in [-0.3, -0.25) is 14.5 Å². The van der Waals surface area contributed by atoms with Crippen molar-refractivity contribution in [2.75, 3.05) is 32.7 Å². The minimum atomic E-state index is -3.90. The highest BCUT2D eigenvalue weighted by Gasteiger charge is 2.37. The van der Waals surface area contributed by atoms with Crippen LogP contribution in [0.15, 0.2) is 52.7 Å². The molecule has 2 unspecified atom stereocenters. The molecule has 2 fully saturated rings. The third kappa shape index (κ3) is 6.40. The molecule has 2 atom stereocenters. The van der Waals surface area contributed by atoms with E-state index in [9.17, 15) is 18.0 Å². The second-order valence-corrected chi connectivity index (χ2v) is 15.7. The normalized spacial score (nSPS) is 21.8. The predicted molar refractivity (Wildman–Crippen MR) is 163 cm³/mol. The van der Waals surface area contributed by atoms with Crippen LogP contribution in [0.25, 0.3) is 9.75 Å². The molecule has 0 spiro atoms. The van der Waals surface area contributed by atoms with E-state index in [0.717, 1.165) is 60.0 Å². The third-order valence-electron chi connectivity index (χ3n) is 8.19.